The molecule has 1 rings (SSSR count). The number of benzene rings is 1. The molecule has 1 unspecified atom stereocenters. The predicted molar refractivity (Wildman–Crippen MR) is 62.6 cm³/mol. The smallest absolute Gasteiger partial charge is 0.0409 e. The van der Waals surface area contributed by atoms with Gasteiger partial charge in [-0.15, -0.1) is 0 Å². The Balaban J connectivity index is 2.77. The number of hydrogen-bond acceptors (Lipinski definition) is 1. The Labute approximate surface area is 91.3 Å². The minimum atomic E-state index is 0.133. The molecule has 0 aliphatic heterocycles. The Morgan fingerprint density at radius 2 is 2.14 bits per heavy atom. The van der Waals surface area contributed by atoms with Crippen molar-refractivity contribution in [3.8, 4) is 0 Å². The standard InChI is InChI=1S/C12H18ClN/c1-3-4-5-12(14)11-8-10(13)7-6-9(11)2/h6-8,12H,3-5,14H2,1-2H3. The normalized spacial score (nSPS) is 12.9. The number of aryl methyl sites for hydroxylation is 1. The van der Waals surface area contributed by atoms with Gasteiger partial charge in [-0.3, -0.25) is 0 Å². The van der Waals surface area contributed by atoms with Crippen molar-refractivity contribution in [2.24, 2.45) is 5.73 Å². The number of rotatable bonds is 4. The molecule has 1 nitrogen and oxygen atoms in total. The monoisotopic (exact) mass is 211 g/mol. The summed E-state index contributed by atoms with van der Waals surface area (Å²) in [6.07, 6.45) is 3.40. The SMILES string of the molecule is CCCCC(N)c1cc(Cl)ccc1C. The lowest BCUT2D eigenvalue weighted by Gasteiger charge is -2.14. The fourth-order valence-corrected chi connectivity index (χ4v) is 1.77. The van der Waals surface area contributed by atoms with E-state index in [1.807, 2.05) is 18.2 Å². The first kappa shape index (κ1) is 11.5. The number of unbranched alkanes of at least 4 members (excludes halogenated alkanes) is 1. The van der Waals surface area contributed by atoms with Crippen molar-refractivity contribution < 1.29 is 0 Å². The Kier molecular flexibility index (Phi) is 4.43. The molecule has 0 saturated heterocycles. The van der Waals surface area contributed by atoms with Crippen molar-refractivity contribution in [3.63, 3.8) is 0 Å². The third-order valence-corrected chi connectivity index (χ3v) is 2.74. The molecule has 78 valence electrons. The summed E-state index contributed by atoms with van der Waals surface area (Å²) in [6.45, 7) is 4.26. The average molecular weight is 212 g/mol. The van der Waals surface area contributed by atoms with Gasteiger partial charge in [0.2, 0.25) is 0 Å². The molecule has 0 spiro atoms. The van der Waals surface area contributed by atoms with Gasteiger partial charge in [0.05, 0.1) is 0 Å². The lowest BCUT2D eigenvalue weighted by molar-refractivity contribution is 0.601. The molecule has 14 heavy (non-hydrogen) atoms. The van der Waals surface area contributed by atoms with E-state index in [0.29, 0.717) is 0 Å². The van der Waals surface area contributed by atoms with Crippen molar-refractivity contribution >= 4 is 11.6 Å². The molecule has 0 aliphatic rings. The zero-order valence-corrected chi connectivity index (χ0v) is 9.64. The highest BCUT2D eigenvalue weighted by Gasteiger charge is 2.08. The molecule has 0 fully saturated rings. The lowest BCUT2D eigenvalue weighted by atomic mass is 9.98. The fourth-order valence-electron chi connectivity index (χ4n) is 1.59. The Hall–Kier alpha value is -0.530. The highest BCUT2D eigenvalue weighted by Crippen LogP contribution is 2.23. The average Bonchev–Trinajstić information content (AvgIpc) is 2.18. The molecule has 0 aliphatic carbocycles. The maximum Gasteiger partial charge on any atom is 0.0409 e. The van der Waals surface area contributed by atoms with Crippen LogP contribution < -0.4 is 5.73 Å². The van der Waals surface area contributed by atoms with Gasteiger partial charge in [-0.1, -0.05) is 37.4 Å². The van der Waals surface area contributed by atoms with E-state index in [2.05, 4.69) is 13.8 Å². The number of halogens is 1. The summed E-state index contributed by atoms with van der Waals surface area (Å²) in [5.74, 6) is 0. The number of hydrogen-bond donors (Lipinski definition) is 1. The lowest BCUT2D eigenvalue weighted by Crippen LogP contribution is -2.11. The van der Waals surface area contributed by atoms with Gasteiger partial charge in [-0.2, -0.15) is 0 Å². The molecule has 1 atom stereocenters. The molecule has 0 heterocycles. The van der Waals surface area contributed by atoms with Crippen LogP contribution in [0.4, 0.5) is 0 Å². The van der Waals surface area contributed by atoms with E-state index >= 15 is 0 Å². The van der Waals surface area contributed by atoms with Gasteiger partial charge in [0.1, 0.15) is 0 Å². The first-order chi connectivity index (χ1) is 6.65. The third kappa shape index (κ3) is 3.00. The summed E-state index contributed by atoms with van der Waals surface area (Å²) in [4.78, 5) is 0. The Morgan fingerprint density at radius 3 is 2.79 bits per heavy atom. The summed E-state index contributed by atoms with van der Waals surface area (Å²) in [6, 6.07) is 6.06. The molecule has 2 N–H and O–H groups in total. The van der Waals surface area contributed by atoms with Crippen molar-refractivity contribution in [2.45, 2.75) is 39.2 Å². The van der Waals surface area contributed by atoms with Gasteiger partial charge in [0, 0.05) is 11.1 Å². The van der Waals surface area contributed by atoms with Crippen LogP contribution in [0.15, 0.2) is 18.2 Å². The van der Waals surface area contributed by atoms with Gasteiger partial charge < -0.3 is 5.73 Å². The minimum absolute atomic E-state index is 0.133. The third-order valence-electron chi connectivity index (χ3n) is 2.51. The second-order valence-electron chi connectivity index (χ2n) is 3.75. The van der Waals surface area contributed by atoms with Crippen LogP contribution in [0.5, 0.6) is 0 Å². The van der Waals surface area contributed by atoms with E-state index in [0.717, 1.165) is 11.4 Å². The highest BCUT2D eigenvalue weighted by molar-refractivity contribution is 6.30. The second-order valence-corrected chi connectivity index (χ2v) is 4.19. The van der Waals surface area contributed by atoms with Gasteiger partial charge in [0.25, 0.3) is 0 Å². The maximum atomic E-state index is 6.09. The molecule has 1 aromatic carbocycles. The molecule has 0 bridgehead atoms. The van der Waals surface area contributed by atoms with Crippen LogP contribution >= 0.6 is 11.6 Å². The second kappa shape index (κ2) is 5.38. The van der Waals surface area contributed by atoms with Crippen LogP contribution in [0.2, 0.25) is 5.02 Å². The minimum Gasteiger partial charge on any atom is -0.324 e. The van der Waals surface area contributed by atoms with Gasteiger partial charge in [-0.25, -0.2) is 0 Å². The maximum absolute atomic E-state index is 6.09. The molecule has 0 aromatic heterocycles. The quantitative estimate of drug-likeness (QED) is 0.805. The Bertz CT molecular complexity index is 296. The number of nitrogens with two attached hydrogens (primary N) is 1. The van der Waals surface area contributed by atoms with E-state index in [1.165, 1.54) is 24.0 Å². The van der Waals surface area contributed by atoms with E-state index in [4.69, 9.17) is 17.3 Å². The first-order valence-corrected chi connectivity index (χ1v) is 5.54. The Morgan fingerprint density at radius 1 is 1.43 bits per heavy atom. The summed E-state index contributed by atoms with van der Waals surface area (Å²) in [5, 5.41) is 0.776. The molecule has 2 heteroatoms. The zero-order valence-electron chi connectivity index (χ0n) is 8.89. The topological polar surface area (TPSA) is 26.0 Å². The summed E-state index contributed by atoms with van der Waals surface area (Å²) in [5.41, 5.74) is 8.51. The first-order valence-electron chi connectivity index (χ1n) is 5.16. The van der Waals surface area contributed by atoms with E-state index in [-0.39, 0.29) is 6.04 Å². The van der Waals surface area contributed by atoms with E-state index < -0.39 is 0 Å². The van der Waals surface area contributed by atoms with Gasteiger partial charge in [0.15, 0.2) is 0 Å². The highest BCUT2D eigenvalue weighted by atomic mass is 35.5. The van der Waals surface area contributed by atoms with Crippen LogP contribution in [-0.4, -0.2) is 0 Å². The van der Waals surface area contributed by atoms with Gasteiger partial charge in [-0.05, 0) is 36.6 Å². The zero-order chi connectivity index (χ0) is 10.6. The fraction of sp³-hybridized carbons (Fsp3) is 0.500. The molecule has 1 aromatic rings. The van der Waals surface area contributed by atoms with Crippen LogP contribution in [0, 0.1) is 6.92 Å². The summed E-state index contributed by atoms with van der Waals surface area (Å²) in [7, 11) is 0. The molecule has 0 amide bonds. The molecular formula is C12H18ClN. The molecular weight excluding hydrogens is 194 g/mol. The summed E-state index contributed by atoms with van der Waals surface area (Å²) < 4.78 is 0. The largest absolute Gasteiger partial charge is 0.324 e. The predicted octanol–water partition coefficient (Wildman–Crippen LogP) is 3.84. The van der Waals surface area contributed by atoms with Crippen molar-refractivity contribution in [2.75, 3.05) is 0 Å². The molecule has 0 saturated carbocycles. The summed E-state index contributed by atoms with van der Waals surface area (Å²) >= 11 is 5.94. The van der Waals surface area contributed by atoms with Crippen LogP contribution in [0.1, 0.15) is 43.4 Å². The van der Waals surface area contributed by atoms with E-state index in [9.17, 15) is 0 Å². The van der Waals surface area contributed by atoms with Gasteiger partial charge >= 0.3 is 0 Å². The van der Waals surface area contributed by atoms with Crippen LogP contribution in [-0.2, 0) is 0 Å². The van der Waals surface area contributed by atoms with Crippen LogP contribution in [0.3, 0.4) is 0 Å². The molecule has 0 radical (unpaired) electrons. The van der Waals surface area contributed by atoms with Crippen LogP contribution in [0.25, 0.3) is 0 Å². The van der Waals surface area contributed by atoms with Crippen molar-refractivity contribution in [1.29, 1.82) is 0 Å². The van der Waals surface area contributed by atoms with Crippen molar-refractivity contribution in [1.82, 2.24) is 0 Å². The van der Waals surface area contributed by atoms with E-state index in [1.54, 1.807) is 0 Å². The van der Waals surface area contributed by atoms with Crippen molar-refractivity contribution in [3.05, 3.63) is 34.3 Å².